The average molecular weight is 209 g/mol. The van der Waals surface area contributed by atoms with Crippen LogP contribution in [0.25, 0.3) is 0 Å². The smallest absolute Gasteiger partial charge is 0.160 e. The van der Waals surface area contributed by atoms with Gasteiger partial charge >= 0.3 is 0 Å². The zero-order chi connectivity index (χ0) is 10.8. The molecule has 1 fully saturated rings. The lowest BCUT2D eigenvalue weighted by atomic mass is 9.92. The van der Waals surface area contributed by atoms with Crippen molar-refractivity contribution in [2.75, 3.05) is 13.7 Å². The molecule has 2 unspecified atom stereocenters. The van der Waals surface area contributed by atoms with E-state index in [1.807, 2.05) is 11.7 Å². The van der Waals surface area contributed by atoms with E-state index >= 15 is 0 Å². The second-order valence-corrected chi connectivity index (χ2v) is 4.25. The Labute approximate surface area is 90.4 Å². The van der Waals surface area contributed by atoms with Crippen molar-refractivity contribution >= 4 is 0 Å². The van der Waals surface area contributed by atoms with Crippen LogP contribution in [-0.2, 0) is 7.05 Å². The van der Waals surface area contributed by atoms with Crippen molar-refractivity contribution in [3.05, 3.63) is 11.9 Å². The summed E-state index contributed by atoms with van der Waals surface area (Å²) in [7, 11) is 3.68. The van der Waals surface area contributed by atoms with Crippen molar-refractivity contribution in [2.24, 2.45) is 18.7 Å². The number of hydrogen-bond acceptors (Lipinski definition) is 3. The Kier molecular flexibility index (Phi) is 2.95. The number of aryl methyl sites for hydroxylation is 1. The first kappa shape index (κ1) is 10.5. The summed E-state index contributed by atoms with van der Waals surface area (Å²) >= 11 is 0. The highest BCUT2D eigenvalue weighted by Crippen LogP contribution is 2.42. The van der Waals surface area contributed by atoms with Gasteiger partial charge in [0.05, 0.1) is 19.0 Å². The molecule has 1 aromatic rings. The van der Waals surface area contributed by atoms with Crippen molar-refractivity contribution < 1.29 is 4.74 Å². The van der Waals surface area contributed by atoms with Gasteiger partial charge in [-0.2, -0.15) is 5.10 Å². The molecule has 0 spiro atoms. The minimum Gasteiger partial charge on any atom is -0.493 e. The lowest BCUT2D eigenvalue weighted by Gasteiger charge is -2.19. The maximum atomic E-state index is 5.80. The van der Waals surface area contributed by atoms with E-state index in [0.717, 1.165) is 12.3 Å². The largest absolute Gasteiger partial charge is 0.493 e. The normalized spacial score (nSPS) is 25.8. The predicted octanol–water partition coefficient (Wildman–Crippen LogP) is 1.27. The molecule has 0 bridgehead atoms. The van der Waals surface area contributed by atoms with Gasteiger partial charge in [0.15, 0.2) is 5.75 Å². The predicted molar refractivity (Wildman–Crippen MR) is 58.9 cm³/mol. The first-order valence-corrected chi connectivity index (χ1v) is 5.54. The van der Waals surface area contributed by atoms with Crippen LogP contribution in [-0.4, -0.2) is 23.4 Å². The number of methoxy groups -OCH3 is 1. The Morgan fingerprint density at radius 2 is 2.40 bits per heavy atom. The third kappa shape index (κ3) is 1.74. The van der Waals surface area contributed by atoms with Gasteiger partial charge in [-0.1, -0.05) is 6.42 Å². The molecule has 2 atom stereocenters. The quantitative estimate of drug-likeness (QED) is 0.815. The fourth-order valence-corrected chi connectivity index (χ4v) is 2.69. The Bertz CT molecular complexity index is 335. The first-order valence-electron chi connectivity index (χ1n) is 5.54. The van der Waals surface area contributed by atoms with Gasteiger partial charge in [0.2, 0.25) is 0 Å². The van der Waals surface area contributed by atoms with E-state index in [1.54, 1.807) is 13.3 Å². The Morgan fingerprint density at radius 3 is 3.07 bits per heavy atom. The molecule has 0 radical (unpaired) electrons. The molecule has 15 heavy (non-hydrogen) atoms. The second kappa shape index (κ2) is 4.23. The summed E-state index contributed by atoms with van der Waals surface area (Å²) in [6, 6.07) is 0. The van der Waals surface area contributed by atoms with Crippen molar-refractivity contribution in [1.29, 1.82) is 0 Å². The third-order valence-electron chi connectivity index (χ3n) is 3.48. The lowest BCUT2D eigenvalue weighted by Crippen LogP contribution is -2.19. The van der Waals surface area contributed by atoms with Crippen LogP contribution in [0.4, 0.5) is 0 Å². The van der Waals surface area contributed by atoms with Crippen LogP contribution in [0.3, 0.4) is 0 Å². The molecule has 84 valence electrons. The van der Waals surface area contributed by atoms with Crippen LogP contribution in [0, 0.1) is 5.92 Å². The molecule has 4 heteroatoms. The highest BCUT2D eigenvalue weighted by Gasteiger charge is 2.31. The minimum absolute atomic E-state index is 0.525. The Balaban J connectivity index is 2.30. The SMILES string of the molecule is COc1cnn(C)c1C1CCCC1CN. The van der Waals surface area contributed by atoms with Crippen molar-refractivity contribution in [2.45, 2.75) is 25.2 Å². The molecule has 1 heterocycles. The van der Waals surface area contributed by atoms with Crippen LogP contribution < -0.4 is 10.5 Å². The molecule has 0 aliphatic heterocycles. The van der Waals surface area contributed by atoms with Gasteiger partial charge in [0.1, 0.15) is 0 Å². The van der Waals surface area contributed by atoms with Gasteiger partial charge in [-0.05, 0) is 25.3 Å². The van der Waals surface area contributed by atoms with Crippen LogP contribution >= 0.6 is 0 Å². The third-order valence-corrected chi connectivity index (χ3v) is 3.48. The van der Waals surface area contributed by atoms with Crippen LogP contribution in [0.15, 0.2) is 6.20 Å². The number of hydrogen-bond donors (Lipinski definition) is 1. The minimum atomic E-state index is 0.525. The average Bonchev–Trinajstić information content (AvgIpc) is 2.82. The number of ether oxygens (including phenoxy) is 1. The second-order valence-electron chi connectivity index (χ2n) is 4.25. The summed E-state index contributed by atoms with van der Waals surface area (Å²) in [5.41, 5.74) is 7.01. The van der Waals surface area contributed by atoms with Gasteiger partial charge in [-0.15, -0.1) is 0 Å². The summed E-state index contributed by atoms with van der Waals surface area (Å²) in [6.07, 6.45) is 5.50. The molecular formula is C11H19N3O. The van der Waals surface area contributed by atoms with E-state index in [9.17, 15) is 0 Å². The number of nitrogens with zero attached hydrogens (tertiary/aromatic N) is 2. The molecule has 0 saturated heterocycles. The maximum Gasteiger partial charge on any atom is 0.160 e. The van der Waals surface area contributed by atoms with E-state index in [-0.39, 0.29) is 0 Å². The van der Waals surface area contributed by atoms with Crippen LogP contribution in [0.1, 0.15) is 30.9 Å². The topological polar surface area (TPSA) is 53.1 Å². The molecule has 1 saturated carbocycles. The molecule has 1 aromatic heterocycles. The first-order chi connectivity index (χ1) is 7.27. The Hall–Kier alpha value is -1.03. The van der Waals surface area contributed by atoms with Crippen molar-refractivity contribution in [3.63, 3.8) is 0 Å². The van der Waals surface area contributed by atoms with Gasteiger partial charge in [0, 0.05) is 13.0 Å². The van der Waals surface area contributed by atoms with E-state index in [4.69, 9.17) is 10.5 Å². The van der Waals surface area contributed by atoms with Crippen molar-refractivity contribution in [3.8, 4) is 5.75 Å². The molecule has 4 nitrogen and oxygen atoms in total. The van der Waals surface area contributed by atoms with Gasteiger partial charge in [-0.25, -0.2) is 0 Å². The number of rotatable bonds is 3. The zero-order valence-corrected chi connectivity index (χ0v) is 9.44. The van der Waals surface area contributed by atoms with E-state index in [1.165, 1.54) is 25.0 Å². The van der Waals surface area contributed by atoms with Crippen molar-refractivity contribution in [1.82, 2.24) is 9.78 Å². The molecule has 1 aliphatic carbocycles. The van der Waals surface area contributed by atoms with Crippen LogP contribution in [0.5, 0.6) is 5.75 Å². The molecule has 0 amide bonds. The monoisotopic (exact) mass is 209 g/mol. The highest BCUT2D eigenvalue weighted by atomic mass is 16.5. The Morgan fingerprint density at radius 1 is 1.60 bits per heavy atom. The fourth-order valence-electron chi connectivity index (χ4n) is 2.69. The highest BCUT2D eigenvalue weighted by molar-refractivity contribution is 5.30. The van der Waals surface area contributed by atoms with E-state index in [0.29, 0.717) is 11.8 Å². The summed E-state index contributed by atoms with van der Waals surface area (Å²) < 4.78 is 7.28. The van der Waals surface area contributed by atoms with E-state index in [2.05, 4.69) is 5.10 Å². The maximum absolute atomic E-state index is 5.80. The number of aromatic nitrogens is 2. The standard InChI is InChI=1S/C11H19N3O/c1-14-11(10(15-2)7-13-14)9-5-3-4-8(9)6-12/h7-9H,3-6,12H2,1-2H3. The molecular weight excluding hydrogens is 190 g/mol. The lowest BCUT2D eigenvalue weighted by molar-refractivity contribution is 0.390. The number of nitrogens with two attached hydrogens (primary N) is 1. The van der Waals surface area contributed by atoms with Gasteiger partial charge < -0.3 is 10.5 Å². The van der Waals surface area contributed by atoms with E-state index < -0.39 is 0 Å². The van der Waals surface area contributed by atoms with Gasteiger partial charge in [0.25, 0.3) is 0 Å². The molecule has 1 aliphatic rings. The zero-order valence-electron chi connectivity index (χ0n) is 9.44. The molecule has 2 rings (SSSR count). The van der Waals surface area contributed by atoms with Gasteiger partial charge in [-0.3, -0.25) is 4.68 Å². The molecule has 0 aromatic carbocycles. The summed E-state index contributed by atoms with van der Waals surface area (Å²) in [6.45, 7) is 0.763. The summed E-state index contributed by atoms with van der Waals surface area (Å²) in [4.78, 5) is 0. The fraction of sp³-hybridized carbons (Fsp3) is 0.727. The summed E-state index contributed by atoms with van der Waals surface area (Å²) in [5, 5.41) is 4.25. The molecule has 2 N–H and O–H groups in total. The van der Waals surface area contributed by atoms with Crippen LogP contribution in [0.2, 0.25) is 0 Å². The summed E-state index contributed by atoms with van der Waals surface area (Å²) in [5.74, 6) is 2.02.